The topological polar surface area (TPSA) is 73.8 Å². The van der Waals surface area contributed by atoms with Crippen LogP contribution in [-0.4, -0.2) is 35.1 Å². The molecule has 0 saturated carbocycles. The molecule has 2 atom stereocenters. The number of ether oxygens (including phenoxy) is 3. The molecule has 0 N–H and O–H groups in total. The summed E-state index contributed by atoms with van der Waals surface area (Å²) in [7, 11) is 1.54. The lowest BCUT2D eigenvalue weighted by molar-refractivity contribution is -0.118. The minimum Gasteiger partial charge on any atom is -0.481 e. The third-order valence-electron chi connectivity index (χ3n) is 4.67. The molecule has 3 aliphatic rings. The summed E-state index contributed by atoms with van der Waals surface area (Å²) < 4.78 is 16.7. The molecule has 0 saturated heterocycles. The predicted octanol–water partition coefficient (Wildman–Crippen LogP) is 2.94. The first-order chi connectivity index (χ1) is 12.7. The van der Waals surface area contributed by atoms with Gasteiger partial charge in [-0.1, -0.05) is 11.6 Å². The third-order valence-corrected chi connectivity index (χ3v) is 4.94. The van der Waals surface area contributed by atoms with Gasteiger partial charge in [0.1, 0.15) is 34.7 Å². The van der Waals surface area contributed by atoms with Gasteiger partial charge < -0.3 is 14.2 Å². The lowest BCUT2D eigenvalue weighted by Crippen LogP contribution is -2.32. The molecule has 2 unspecified atom stereocenters. The van der Waals surface area contributed by atoms with Crippen LogP contribution in [0.3, 0.4) is 0 Å². The highest BCUT2D eigenvalue weighted by Crippen LogP contribution is 2.51. The summed E-state index contributed by atoms with van der Waals surface area (Å²) in [5.41, 5.74) is 0.879. The van der Waals surface area contributed by atoms with E-state index in [0.29, 0.717) is 41.1 Å². The van der Waals surface area contributed by atoms with Gasteiger partial charge in [0, 0.05) is 18.7 Å². The minimum atomic E-state index is -0.568. The van der Waals surface area contributed by atoms with Crippen molar-refractivity contribution in [3.05, 3.63) is 47.5 Å². The van der Waals surface area contributed by atoms with Gasteiger partial charge in [0.05, 0.1) is 19.2 Å². The molecular weight excluding hydrogens is 358 g/mol. The summed E-state index contributed by atoms with van der Waals surface area (Å²) in [4.78, 5) is 23.7. The van der Waals surface area contributed by atoms with Crippen molar-refractivity contribution in [1.29, 1.82) is 0 Å². The van der Waals surface area contributed by atoms with Crippen molar-refractivity contribution in [2.45, 2.75) is 17.9 Å². The zero-order valence-corrected chi connectivity index (χ0v) is 14.6. The number of carbonyl (C=O) groups is 1. The molecule has 0 spiro atoms. The summed E-state index contributed by atoms with van der Waals surface area (Å²) >= 11 is 5.98. The van der Waals surface area contributed by atoms with Gasteiger partial charge in [0.15, 0.2) is 5.56 Å². The van der Waals surface area contributed by atoms with E-state index >= 15 is 0 Å². The average Bonchev–Trinajstić information content (AvgIpc) is 3.19. The lowest BCUT2D eigenvalue weighted by Gasteiger charge is -2.22. The van der Waals surface area contributed by atoms with Crippen LogP contribution in [0.2, 0.25) is 0 Å². The second-order valence-electron chi connectivity index (χ2n) is 6.18. The smallest absolute Gasteiger partial charge is 0.242 e. The first-order valence-corrected chi connectivity index (χ1v) is 8.62. The van der Waals surface area contributed by atoms with Crippen molar-refractivity contribution < 1.29 is 19.0 Å². The highest BCUT2D eigenvalue weighted by atomic mass is 35.5. The number of rotatable bonds is 3. The highest BCUT2D eigenvalue weighted by Gasteiger charge is 2.47. The number of anilines is 1. The normalized spacial score (nSPS) is 22.3. The molecule has 3 aliphatic heterocycles. The first kappa shape index (κ1) is 15.5. The third kappa shape index (κ3) is 2.17. The van der Waals surface area contributed by atoms with Gasteiger partial charge in [-0.15, -0.1) is 0 Å². The van der Waals surface area contributed by atoms with Crippen LogP contribution in [0.5, 0.6) is 17.4 Å². The highest BCUT2D eigenvalue weighted by molar-refractivity contribution is 6.20. The van der Waals surface area contributed by atoms with Crippen LogP contribution in [-0.2, 0) is 9.53 Å². The second-order valence-corrected chi connectivity index (χ2v) is 6.66. The number of hydrogen-bond acceptors (Lipinski definition) is 6. The summed E-state index contributed by atoms with van der Waals surface area (Å²) in [5, 5.41) is 0. The van der Waals surface area contributed by atoms with Gasteiger partial charge in [0.2, 0.25) is 11.8 Å². The molecule has 7 nitrogen and oxygen atoms in total. The van der Waals surface area contributed by atoms with Gasteiger partial charge in [0.25, 0.3) is 0 Å². The number of aromatic nitrogens is 2. The number of methoxy groups -OCH3 is 1. The quantitative estimate of drug-likeness (QED) is 0.772. The molecule has 1 amide bonds. The molecule has 26 heavy (non-hydrogen) atoms. The van der Waals surface area contributed by atoms with Crippen LogP contribution in [0.4, 0.5) is 5.82 Å². The number of carbonyl (C=O) groups excluding carboxylic acids is 1. The van der Waals surface area contributed by atoms with Crippen LogP contribution in [0, 0.1) is 0 Å². The Labute approximate surface area is 154 Å². The maximum atomic E-state index is 13.2. The van der Waals surface area contributed by atoms with Gasteiger partial charge in [-0.05, 0) is 18.2 Å². The van der Waals surface area contributed by atoms with Crippen molar-refractivity contribution in [2.75, 3.05) is 18.6 Å². The molecule has 0 aliphatic carbocycles. The zero-order valence-electron chi connectivity index (χ0n) is 13.8. The maximum Gasteiger partial charge on any atom is 0.242 e. The Kier molecular flexibility index (Phi) is 3.33. The van der Waals surface area contributed by atoms with Crippen molar-refractivity contribution in [2.24, 2.45) is 0 Å². The van der Waals surface area contributed by atoms with Gasteiger partial charge in [-0.3, -0.25) is 9.69 Å². The van der Waals surface area contributed by atoms with Gasteiger partial charge in [-0.2, -0.15) is 0 Å². The lowest BCUT2D eigenvalue weighted by atomic mass is 9.94. The Morgan fingerprint density at radius 2 is 2.23 bits per heavy atom. The number of amides is 1. The number of nitrogens with zero attached hydrogens (tertiary/aromatic N) is 3. The molecule has 132 valence electrons. The van der Waals surface area contributed by atoms with E-state index in [1.165, 1.54) is 7.11 Å². The predicted molar refractivity (Wildman–Crippen MR) is 92.7 cm³/mol. The van der Waals surface area contributed by atoms with Crippen LogP contribution in [0.1, 0.15) is 23.6 Å². The molecule has 0 fully saturated rings. The molecule has 0 bridgehead atoms. The fourth-order valence-electron chi connectivity index (χ4n) is 3.52. The van der Waals surface area contributed by atoms with E-state index in [9.17, 15) is 4.79 Å². The molecule has 5 heterocycles. The van der Waals surface area contributed by atoms with Crippen molar-refractivity contribution in [3.63, 3.8) is 0 Å². The molecule has 0 radical (unpaired) electrons. The average molecular weight is 372 g/mol. The van der Waals surface area contributed by atoms with Crippen molar-refractivity contribution in [3.8, 4) is 17.4 Å². The van der Waals surface area contributed by atoms with Crippen LogP contribution >= 0.6 is 11.6 Å². The van der Waals surface area contributed by atoms with Crippen molar-refractivity contribution >= 4 is 23.3 Å². The summed E-state index contributed by atoms with van der Waals surface area (Å²) in [6, 6.07) is 5.23. The van der Waals surface area contributed by atoms with Crippen LogP contribution in [0.15, 0.2) is 36.2 Å². The molecule has 5 rings (SSSR count). The van der Waals surface area contributed by atoms with E-state index in [1.54, 1.807) is 29.3 Å². The number of fused-ring (bicyclic) bond motifs is 2. The Morgan fingerprint density at radius 1 is 1.35 bits per heavy atom. The van der Waals surface area contributed by atoms with Gasteiger partial charge >= 0.3 is 0 Å². The summed E-state index contributed by atoms with van der Waals surface area (Å²) in [6.45, 7) is 0.279. The largest absolute Gasteiger partial charge is 0.481 e. The Balaban J connectivity index is 1.60. The summed E-state index contributed by atoms with van der Waals surface area (Å²) in [6.07, 6.45) is 4.15. The number of alkyl halides is 1. The van der Waals surface area contributed by atoms with E-state index in [-0.39, 0.29) is 18.0 Å². The fraction of sp³-hybridized carbons (Fsp3) is 0.278. The molecular formula is C18H14ClN3O4. The summed E-state index contributed by atoms with van der Waals surface area (Å²) in [5.74, 6) is 2.14. The number of halogens is 1. The first-order valence-electron chi connectivity index (χ1n) is 8.18. The Hall–Kier alpha value is -2.80. The Bertz CT molecular complexity index is 961. The SMILES string of the molecule is COc1ccc2c(n1)C1C(=O)N(CC3=CCC(Cl)O3)c3nccc(c31)O2. The molecule has 2 aromatic heterocycles. The molecule has 2 aromatic rings. The fourth-order valence-corrected chi connectivity index (χ4v) is 3.73. The maximum absolute atomic E-state index is 13.2. The monoisotopic (exact) mass is 371 g/mol. The standard InChI is InChI=1S/C18H14ClN3O4/c1-24-13-5-3-11-16(21-13)15-14-10(26-11)6-7-20-17(14)22(18(15)23)8-9-2-4-12(19)25-9/h2-3,5-7,12,15H,4,8H2,1H3. The molecule has 0 aromatic carbocycles. The number of hydrogen-bond donors (Lipinski definition) is 0. The van der Waals surface area contributed by atoms with Crippen LogP contribution < -0.4 is 14.4 Å². The second kappa shape index (κ2) is 5.60. The number of pyridine rings is 2. The van der Waals surface area contributed by atoms with Crippen LogP contribution in [0.25, 0.3) is 0 Å². The van der Waals surface area contributed by atoms with Crippen molar-refractivity contribution in [1.82, 2.24) is 9.97 Å². The molecule has 8 heteroatoms. The zero-order chi connectivity index (χ0) is 17.8. The van der Waals surface area contributed by atoms with E-state index in [0.717, 1.165) is 5.56 Å². The van der Waals surface area contributed by atoms with E-state index in [1.807, 2.05) is 6.08 Å². The van der Waals surface area contributed by atoms with E-state index in [4.69, 9.17) is 25.8 Å². The Morgan fingerprint density at radius 3 is 3.00 bits per heavy atom. The van der Waals surface area contributed by atoms with Gasteiger partial charge in [-0.25, -0.2) is 9.97 Å². The van der Waals surface area contributed by atoms with E-state index in [2.05, 4.69) is 9.97 Å². The minimum absolute atomic E-state index is 0.118. The van der Waals surface area contributed by atoms with E-state index < -0.39 is 5.92 Å².